The van der Waals surface area contributed by atoms with Crippen LogP contribution in [0.15, 0.2) is 58.6 Å². The number of ketones is 1. The molecule has 5 nitrogen and oxygen atoms in total. The second kappa shape index (κ2) is 7.61. The van der Waals surface area contributed by atoms with Gasteiger partial charge in [0.15, 0.2) is 0 Å². The van der Waals surface area contributed by atoms with Crippen molar-refractivity contribution < 1.29 is 14.7 Å². The fourth-order valence-electron chi connectivity index (χ4n) is 3.00. The first-order valence-corrected chi connectivity index (χ1v) is 9.11. The maximum Gasteiger partial charge on any atom is 0.295 e. The number of benzene rings is 2. The van der Waals surface area contributed by atoms with Gasteiger partial charge in [0, 0.05) is 28.1 Å². The highest BCUT2D eigenvalue weighted by Gasteiger charge is 2.45. The minimum Gasteiger partial charge on any atom is -0.507 e. The standard InChI is InChI=1S/C19H16BrClN2O3/c20-13-5-1-11(2-6-13)16-15(18(25)19(26)23(16)10-9-22)17(24)12-3-7-14(21)8-4-12/h1-8,16,24H,9-10,22H2. The Morgan fingerprint density at radius 3 is 2.31 bits per heavy atom. The molecule has 1 saturated heterocycles. The Hall–Kier alpha value is -2.15. The molecule has 2 aromatic carbocycles. The first kappa shape index (κ1) is 18.6. The van der Waals surface area contributed by atoms with Gasteiger partial charge in [-0.3, -0.25) is 9.59 Å². The van der Waals surface area contributed by atoms with Crippen LogP contribution < -0.4 is 5.73 Å². The topological polar surface area (TPSA) is 83.6 Å². The molecule has 0 aromatic heterocycles. The molecule has 1 atom stereocenters. The fourth-order valence-corrected chi connectivity index (χ4v) is 3.39. The molecule has 0 saturated carbocycles. The lowest BCUT2D eigenvalue weighted by Crippen LogP contribution is -2.34. The Kier molecular flexibility index (Phi) is 5.46. The molecule has 1 fully saturated rings. The first-order chi connectivity index (χ1) is 12.4. The number of nitrogens with two attached hydrogens (primary N) is 1. The molecule has 0 bridgehead atoms. The SMILES string of the molecule is NCCN1C(=O)C(=O)C(=C(O)c2ccc(Cl)cc2)C1c1ccc(Br)cc1. The quantitative estimate of drug-likeness (QED) is 0.437. The highest BCUT2D eigenvalue weighted by atomic mass is 79.9. The van der Waals surface area contributed by atoms with E-state index in [0.717, 1.165) is 10.0 Å². The molecule has 2 aromatic rings. The van der Waals surface area contributed by atoms with Gasteiger partial charge in [0.25, 0.3) is 11.7 Å². The summed E-state index contributed by atoms with van der Waals surface area (Å²) in [6, 6.07) is 13.0. The monoisotopic (exact) mass is 434 g/mol. The molecule has 3 rings (SSSR count). The lowest BCUT2D eigenvalue weighted by molar-refractivity contribution is -0.139. The van der Waals surface area contributed by atoms with E-state index in [1.807, 2.05) is 12.1 Å². The van der Waals surface area contributed by atoms with Crippen LogP contribution >= 0.6 is 27.5 Å². The average Bonchev–Trinajstić information content (AvgIpc) is 2.88. The molecule has 7 heteroatoms. The summed E-state index contributed by atoms with van der Waals surface area (Å²) in [5.41, 5.74) is 6.81. The van der Waals surface area contributed by atoms with Crippen LogP contribution in [-0.4, -0.2) is 34.8 Å². The van der Waals surface area contributed by atoms with Crippen molar-refractivity contribution in [3.63, 3.8) is 0 Å². The van der Waals surface area contributed by atoms with E-state index >= 15 is 0 Å². The van der Waals surface area contributed by atoms with E-state index in [2.05, 4.69) is 15.9 Å². The zero-order valence-corrected chi connectivity index (χ0v) is 16.0. The summed E-state index contributed by atoms with van der Waals surface area (Å²) in [6.45, 7) is 0.420. The number of rotatable bonds is 4. The minimum absolute atomic E-state index is 0.0492. The second-order valence-corrected chi connectivity index (χ2v) is 7.19. The largest absolute Gasteiger partial charge is 0.507 e. The van der Waals surface area contributed by atoms with Crippen LogP contribution in [0.2, 0.25) is 5.02 Å². The third-order valence-corrected chi connectivity index (χ3v) is 4.99. The van der Waals surface area contributed by atoms with Crippen molar-refractivity contribution in [2.75, 3.05) is 13.1 Å². The van der Waals surface area contributed by atoms with Gasteiger partial charge in [0.05, 0.1) is 11.6 Å². The molecular formula is C19H16BrClN2O3. The van der Waals surface area contributed by atoms with Crippen molar-refractivity contribution in [1.29, 1.82) is 0 Å². The number of nitrogens with zero attached hydrogens (tertiary/aromatic N) is 1. The number of hydrogen-bond donors (Lipinski definition) is 2. The number of halogens is 2. The lowest BCUT2D eigenvalue weighted by Gasteiger charge is -2.24. The molecule has 0 radical (unpaired) electrons. The molecule has 0 aliphatic carbocycles. The molecule has 134 valence electrons. The second-order valence-electron chi connectivity index (χ2n) is 5.84. The molecule has 1 aliphatic rings. The molecule has 1 unspecified atom stereocenters. The van der Waals surface area contributed by atoms with E-state index in [1.54, 1.807) is 36.4 Å². The predicted octanol–water partition coefficient (Wildman–Crippen LogP) is 3.48. The Labute approximate surface area is 164 Å². The van der Waals surface area contributed by atoms with E-state index in [0.29, 0.717) is 10.6 Å². The number of hydrogen-bond acceptors (Lipinski definition) is 4. The number of carbonyl (C=O) groups is 2. The summed E-state index contributed by atoms with van der Waals surface area (Å²) in [4.78, 5) is 26.5. The predicted molar refractivity (Wildman–Crippen MR) is 104 cm³/mol. The van der Waals surface area contributed by atoms with Gasteiger partial charge in [-0.25, -0.2) is 0 Å². The molecular weight excluding hydrogens is 420 g/mol. The van der Waals surface area contributed by atoms with Crippen molar-refractivity contribution in [1.82, 2.24) is 4.90 Å². The Bertz CT molecular complexity index is 879. The van der Waals surface area contributed by atoms with Crippen molar-refractivity contribution in [3.8, 4) is 0 Å². The highest BCUT2D eigenvalue weighted by molar-refractivity contribution is 9.10. The summed E-state index contributed by atoms with van der Waals surface area (Å²) >= 11 is 9.26. The van der Waals surface area contributed by atoms with E-state index in [-0.39, 0.29) is 24.4 Å². The summed E-state index contributed by atoms with van der Waals surface area (Å²) in [5, 5.41) is 11.3. The zero-order chi connectivity index (χ0) is 18.8. The number of aliphatic hydroxyl groups excluding tert-OH is 1. The van der Waals surface area contributed by atoms with Crippen LogP contribution in [0.3, 0.4) is 0 Å². The lowest BCUT2D eigenvalue weighted by atomic mass is 9.95. The minimum atomic E-state index is -0.723. The van der Waals surface area contributed by atoms with Gasteiger partial charge < -0.3 is 15.7 Å². The normalized spacial score (nSPS) is 19.2. The van der Waals surface area contributed by atoms with Gasteiger partial charge in [0.2, 0.25) is 0 Å². The third-order valence-electron chi connectivity index (χ3n) is 4.21. The molecule has 0 spiro atoms. The molecule has 26 heavy (non-hydrogen) atoms. The van der Waals surface area contributed by atoms with Gasteiger partial charge in [-0.2, -0.15) is 0 Å². The summed E-state index contributed by atoms with van der Waals surface area (Å²) in [7, 11) is 0. The highest BCUT2D eigenvalue weighted by Crippen LogP contribution is 2.39. The van der Waals surface area contributed by atoms with Crippen molar-refractivity contribution in [2.45, 2.75) is 6.04 Å². The number of amides is 1. The van der Waals surface area contributed by atoms with Crippen LogP contribution in [0.4, 0.5) is 0 Å². The number of likely N-dealkylation sites (tertiary alicyclic amines) is 1. The van der Waals surface area contributed by atoms with Crippen molar-refractivity contribution in [2.24, 2.45) is 5.73 Å². The molecule has 1 amide bonds. The average molecular weight is 436 g/mol. The van der Waals surface area contributed by atoms with E-state index in [9.17, 15) is 14.7 Å². The van der Waals surface area contributed by atoms with Crippen LogP contribution in [0.25, 0.3) is 5.76 Å². The fraction of sp³-hybridized carbons (Fsp3) is 0.158. The van der Waals surface area contributed by atoms with Crippen molar-refractivity contribution in [3.05, 3.63) is 74.7 Å². The molecule has 1 aliphatic heterocycles. The number of carbonyl (C=O) groups excluding carboxylic acids is 2. The Morgan fingerprint density at radius 2 is 1.73 bits per heavy atom. The van der Waals surface area contributed by atoms with Gasteiger partial charge in [-0.15, -0.1) is 0 Å². The third kappa shape index (κ3) is 3.40. The van der Waals surface area contributed by atoms with Gasteiger partial charge in [0.1, 0.15) is 5.76 Å². The number of aliphatic hydroxyl groups is 1. The maximum atomic E-state index is 12.6. The Balaban J connectivity index is 2.17. The summed E-state index contributed by atoms with van der Waals surface area (Å²) < 4.78 is 0.870. The molecule has 3 N–H and O–H groups in total. The first-order valence-electron chi connectivity index (χ1n) is 7.94. The zero-order valence-electron chi connectivity index (χ0n) is 13.7. The van der Waals surface area contributed by atoms with Crippen LogP contribution in [-0.2, 0) is 9.59 Å². The van der Waals surface area contributed by atoms with Crippen molar-refractivity contribution >= 4 is 45.0 Å². The van der Waals surface area contributed by atoms with E-state index in [1.165, 1.54) is 4.90 Å². The summed E-state index contributed by atoms with van der Waals surface area (Å²) in [5.74, 6) is -1.62. The van der Waals surface area contributed by atoms with Gasteiger partial charge in [-0.05, 0) is 42.0 Å². The van der Waals surface area contributed by atoms with Gasteiger partial charge >= 0.3 is 0 Å². The van der Waals surface area contributed by atoms with Crippen LogP contribution in [0, 0.1) is 0 Å². The van der Waals surface area contributed by atoms with Crippen LogP contribution in [0.5, 0.6) is 0 Å². The summed E-state index contributed by atoms with van der Waals surface area (Å²) in [6.07, 6.45) is 0. The number of Topliss-reactive ketones (excluding diaryl/α,β-unsaturated/α-hetero) is 1. The Morgan fingerprint density at radius 1 is 1.12 bits per heavy atom. The van der Waals surface area contributed by atoms with E-state index in [4.69, 9.17) is 17.3 Å². The molecule has 1 heterocycles. The maximum absolute atomic E-state index is 12.6. The van der Waals surface area contributed by atoms with Crippen LogP contribution in [0.1, 0.15) is 17.2 Å². The van der Waals surface area contributed by atoms with E-state index < -0.39 is 17.7 Å². The smallest absolute Gasteiger partial charge is 0.295 e. The van der Waals surface area contributed by atoms with Gasteiger partial charge in [-0.1, -0.05) is 39.7 Å².